The zero-order chi connectivity index (χ0) is 26.9. The summed E-state index contributed by atoms with van der Waals surface area (Å²) in [6.45, 7) is 2.53. The van der Waals surface area contributed by atoms with Gasteiger partial charge in [0.2, 0.25) is 6.79 Å². The van der Waals surface area contributed by atoms with Gasteiger partial charge in [0.15, 0.2) is 11.5 Å². The van der Waals surface area contributed by atoms with Crippen LogP contribution in [0.4, 0.5) is 10.5 Å². The van der Waals surface area contributed by atoms with Gasteiger partial charge < -0.3 is 25.2 Å². The van der Waals surface area contributed by atoms with Gasteiger partial charge in [0.05, 0.1) is 11.4 Å². The third-order valence-electron chi connectivity index (χ3n) is 7.18. The molecule has 0 saturated heterocycles. The Hall–Kier alpha value is -4.79. The number of amides is 2. The molecule has 9 heteroatoms. The summed E-state index contributed by atoms with van der Waals surface area (Å²) in [4.78, 5) is 26.1. The molecule has 39 heavy (non-hydrogen) atoms. The molecule has 0 atom stereocenters. The van der Waals surface area contributed by atoms with Crippen LogP contribution >= 0.6 is 0 Å². The van der Waals surface area contributed by atoms with Gasteiger partial charge >= 0.3 is 6.03 Å². The lowest BCUT2D eigenvalue weighted by Crippen LogP contribution is -2.31. The van der Waals surface area contributed by atoms with Crippen LogP contribution in [0.15, 0.2) is 66.7 Å². The highest BCUT2D eigenvalue weighted by Crippen LogP contribution is 2.39. The molecule has 1 aromatic heterocycles. The van der Waals surface area contributed by atoms with Crippen molar-refractivity contribution in [3.8, 4) is 28.5 Å². The number of aromatic hydroxyl groups is 1. The lowest BCUT2D eigenvalue weighted by atomic mass is 9.82. The molecule has 2 heterocycles. The third kappa shape index (κ3) is 5.03. The number of phenolic OH excluding ortho intramolecular Hbond substituents is 1. The summed E-state index contributed by atoms with van der Waals surface area (Å²) in [5.41, 5.74) is 4.73. The van der Waals surface area contributed by atoms with Crippen molar-refractivity contribution in [1.82, 2.24) is 15.1 Å². The first-order chi connectivity index (χ1) is 18.9. The van der Waals surface area contributed by atoms with E-state index in [9.17, 15) is 14.7 Å². The highest BCUT2D eigenvalue weighted by Gasteiger charge is 2.28. The van der Waals surface area contributed by atoms with E-state index in [0.29, 0.717) is 40.6 Å². The fourth-order valence-corrected chi connectivity index (χ4v) is 4.70. The van der Waals surface area contributed by atoms with Crippen LogP contribution in [0.3, 0.4) is 0 Å². The number of rotatable bonds is 6. The molecule has 0 bridgehead atoms. The van der Waals surface area contributed by atoms with Gasteiger partial charge in [0, 0.05) is 29.3 Å². The van der Waals surface area contributed by atoms with Gasteiger partial charge in [-0.25, -0.2) is 4.79 Å². The number of phenols is 1. The summed E-state index contributed by atoms with van der Waals surface area (Å²) < 4.78 is 12.1. The zero-order valence-electron chi connectivity index (χ0n) is 21.4. The molecule has 0 spiro atoms. The second-order valence-corrected chi connectivity index (χ2v) is 9.89. The van der Waals surface area contributed by atoms with Crippen molar-refractivity contribution in [2.75, 3.05) is 12.1 Å². The number of ether oxygens (including phenoxy) is 2. The molecule has 6 rings (SSSR count). The van der Waals surface area contributed by atoms with Crippen LogP contribution in [0, 0.1) is 6.92 Å². The molecule has 2 aliphatic rings. The van der Waals surface area contributed by atoms with Crippen LogP contribution in [-0.2, 0) is 6.54 Å². The monoisotopic (exact) mass is 524 g/mol. The molecule has 198 valence electrons. The lowest BCUT2D eigenvalue weighted by Gasteiger charge is -2.25. The minimum atomic E-state index is -0.332. The number of benzene rings is 3. The van der Waals surface area contributed by atoms with Gasteiger partial charge in [-0.3, -0.25) is 4.79 Å². The van der Waals surface area contributed by atoms with Gasteiger partial charge in [-0.15, -0.1) is 0 Å². The lowest BCUT2D eigenvalue weighted by molar-refractivity contribution is 0.102. The Bertz CT molecular complexity index is 1560. The standard InChI is InChI=1S/C30H28N4O5/c1-18-5-7-19(8-6-18)16-31-30(37)34-25(20-3-2-4-20)15-24(33-34)23-14-22(10-11-26(23)35)32-29(36)21-9-12-27-28(13-21)39-17-38-27/h5-15,20,35H,2-4,16-17H2,1H3,(H,31,37)(H,32,36). The molecule has 2 amide bonds. The maximum Gasteiger partial charge on any atom is 0.342 e. The molecule has 3 aromatic carbocycles. The van der Waals surface area contributed by atoms with Crippen LogP contribution in [0.1, 0.15) is 52.4 Å². The Morgan fingerprint density at radius 3 is 2.56 bits per heavy atom. The molecular weight excluding hydrogens is 496 g/mol. The van der Waals surface area contributed by atoms with E-state index < -0.39 is 0 Å². The van der Waals surface area contributed by atoms with Gasteiger partial charge in [-0.05, 0) is 67.8 Å². The smallest absolute Gasteiger partial charge is 0.342 e. The second-order valence-electron chi connectivity index (χ2n) is 9.89. The predicted octanol–water partition coefficient (Wildman–Crippen LogP) is 5.57. The first kappa shape index (κ1) is 24.5. The summed E-state index contributed by atoms with van der Waals surface area (Å²) in [5, 5.41) is 21.1. The average Bonchev–Trinajstić information content (AvgIpc) is 3.55. The minimum absolute atomic E-state index is 0.000881. The number of anilines is 1. The summed E-state index contributed by atoms with van der Waals surface area (Å²) in [7, 11) is 0. The maximum absolute atomic E-state index is 13.2. The normalized spacial score (nSPS) is 14.1. The van der Waals surface area contributed by atoms with E-state index in [1.54, 1.807) is 30.3 Å². The van der Waals surface area contributed by atoms with Crippen LogP contribution < -0.4 is 20.1 Å². The Balaban J connectivity index is 1.24. The van der Waals surface area contributed by atoms with Crippen LogP contribution in [0.25, 0.3) is 11.3 Å². The van der Waals surface area contributed by atoms with Gasteiger partial charge in [0.25, 0.3) is 5.91 Å². The number of hydrogen-bond acceptors (Lipinski definition) is 6. The van der Waals surface area contributed by atoms with Crippen molar-refractivity contribution in [2.24, 2.45) is 0 Å². The number of nitrogens with one attached hydrogen (secondary N) is 2. The average molecular weight is 525 g/mol. The Morgan fingerprint density at radius 1 is 1.00 bits per heavy atom. The number of fused-ring (bicyclic) bond motifs is 1. The fraction of sp³-hybridized carbons (Fsp3) is 0.233. The summed E-state index contributed by atoms with van der Waals surface area (Å²) in [6.07, 6.45) is 3.06. The minimum Gasteiger partial charge on any atom is -0.507 e. The zero-order valence-corrected chi connectivity index (χ0v) is 21.4. The third-order valence-corrected chi connectivity index (χ3v) is 7.18. The molecule has 1 fully saturated rings. The predicted molar refractivity (Wildman–Crippen MR) is 145 cm³/mol. The molecule has 1 aliphatic carbocycles. The van der Waals surface area contributed by atoms with Crippen LogP contribution in [-0.4, -0.2) is 33.6 Å². The SMILES string of the molecule is Cc1ccc(CNC(=O)n2nc(-c3cc(NC(=O)c4ccc5c(c4)OCO5)ccc3O)cc2C2CCC2)cc1. The van der Waals surface area contributed by atoms with Crippen molar-refractivity contribution in [1.29, 1.82) is 0 Å². The molecule has 0 unspecified atom stereocenters. The molecular formula is C30H28N4O5. The highest BCUT2D eigenvalue weighted by molar-refractivity contribution is 6.05. The van der Waals surface area contributed by atoms with Gasteiger partial charge in [-0.1, -0.05) is 36.2 Å². The molecule has 9 nitrogen and oxygen atoms in total. The first-order valence-corrected chi connectivity index (χ1v) is 12.9. The second kappa shape index (κ2) is 10.2. The highest BCUT2D eigenvalue weighted by atomic mass is 16.7. The molecule has 1 aliphatic heterocycles. The van der Waals surface area contributed by atoms with Crippen molar-refractivity contribution in [2.45, 2.75) is 38.6 Å². The fourth-order valence-electron chi connectivity index (χ4n) is 4.70. The van der Waals surface area contributed by atoms with E-state index in [4.69, 9.17) is 9.47 Å². The van der Waals surface area contributed by atoms with Crippen molar-refractivity contribution in [3.63, 3.8) is 0 Å². The number of carbonyl (C=O) groups excluding carboxylic acids is 2. The summed E-state index contributed by atoms with van der Waals surface area (Å²) in [6, 6.07) is 19.3. The first-order valence-electron chi connectivity index (χ1n) is 12.9. The molecule has 3 N–H and O–H groups in total. The molecule has 4 aromatic rings. The maximum atomic E-state index is 13.2. The Kier molecular flexibility index (Phi) is 6.40. The number of aromatic nitrogens is 2. The number of aryl methyl sites for hydroxylation is 1. The van der Waals surface area contributed by atoms with E-state index in [1.165, 1.54) is 10.7 Å². The number of nitrogens with zero attached hydrogens (tertiary/aromatic N) is 2. The van der Waals surface area contributed by atoms with E-state index in [-0.39, 0.29) is 30.4 Å². The summed E-state index contributed by atoms with van der Waals surface area (Å²) in [5.74, 6) is 1.01. The Morgan fingerprint density at radius 2 is 1.79 bits per heavy atom. The van der Waals surface area contributed by atoms with Gasteiger partial charge in [-0.2, -0.15) is 9.78 Å². The summed E-state index contributed by atoms with van der Waals surface area (Å²) >= 11 is 0. The largest absolute Gasteiger partial charge is 0.507 e. The van der Waals surface area contributed by atoms with Crippen molar-refractivity contribution in [3.05, 3.63) is 89.1 Å². The quantitative estimate of drug-likeness (QED) is 0.284. The van der Waals surface area contributed by atoms with Crippen molar-refractivity contribution < 1.29 is 24.2 Å². The van der Waals surface area contributed by atoms with E-state index in [0.717, 1.165) is 36.1 Å². The number of carbonyl (C=O) groups is 2. The van der Waals surface area contributed by atoms with E-state index >= 15 is 0 Å². The molecule has 1 saturated carbocycles. The number of hydrogen-bond donors (Lipinski definition) is 3. The van der Waals surface area contributed by atoms with E-state index in [1.807, 2.05) is 37.3 Å². The van der Waals surface area contributed by atoms with Crippen LogP contribution in [0.5, 0.6) is 17.2 Å². The van der Waals surface area contributed by atoms with E-state index in [2.05, 4.69) is 15.7 Å². The van der Waals surface area contributed by atoms with Gasteiger partial charge in [0.1, 0.15) is 5.75 Å². The Labute approximate surface area is 225 Å². The van der Waals surface area contributed by atoms with Crippen molar-refractivity contribution >= 4 is 17.6 Å². The van der Waals surface area contributed by atoms with Crippen LogP contribution in [0.2, 0.25) is 0 Å². The topological polar surface area (TPSA) is 115 Å². The molecule has 0 radical (unpaired) electrons.